The van der Waals surface area contributed by atoms with Gasteiger partial charge < -0.3 is 9.73 Å². The van der Waals surface area contributed by atoms with Crippen molar-refractivity contribution in [2.24, 2.45) is 0 Å². The number of hydrogen-bond acceptors (Lipinski definition) is 3. The van der Waals surface area contributed by atoms with Gasteiger partial charge in [0, 0.05) is 24.7 Å². The average Bonchev–Trinajstić information content (AvgIpc) is 2.74. The molecule has 1 N–H and O–H groups in total. The van der Waals surface area contributed by atoms with Crippen molar-refractivity contribution in [1.29, 1.82) is 0 Å². The van der Waals surface area contributed by atoms with Crippen LogP contribution in [0.15, 0.2) is 16.7 Å². The van der Waals surface area contributed by atoms with Crippen LogP contribution in [0.3, 0.4) is 0 Å². The second-order valence-corrected chi connectivity index (χ2v) is 5.18. The summed E-state index contributed by atoms with van der Waals surface area (Å²) in [7, 11) is 2.17. The van der Waals surface area contributed by atoms with Gasteiger partial charge in [0.15, 0.2) is 0 Å². The van der Waals surface area contributed by atoms with Crippen molar-refractivity contribution in [3.63, 3.8) is 0 Å². The molecule has 1 aromatic rings. The number of likely N-dealkylation sites (N-methyl/N-ethyl adjacent to an activating group) is 1. The third kappa shape index (κ3) is 5.23. The largest absolute Gasteiger partial charge is 0.469 e. The van der Waals surface area contributed by atoms with Crippen LogP contribution in [-0.4, -0.2) is 31.1 Å². The minimum Gasteiger partial charge on any atom is -0.469 e. The number of rotatable bonds is 9. The van der Waals surface area contributed by atoms with Gasteiger partial charge >= 0.3 is 0 Å². The zero-order valence-corrected chi connectivity index (χ0v) is 12.3. The molecule has 1 atom stereocenters. The third-order valence-electron chi connectivity index (χ3n) is 3.54. The molecule has 0 fully saturated rings. The van der Waals surface area contributed by atoms with Gasteiger partial charge in [0.1, 0.15) is 5.76 Å². The highest BCUT2D eigenvalue weighted by Gasteiger charge is 2.11. The highest BCUT2D eigenvalue weighted by molar-refractivity contribution is 5.15. The van der Waals surface area contributed by atoms with Crippen molar-refractivity contribution in [1.82, 2.24) is 10.2 Å². The van der Waals surface area contributed by atoms with E-state index in [-0.39, 0.29) is 0 Å². The molecule has 104 valence electrons. The van der Waals surface area contributed by atoms with Crippen molar-refractivity contribution in [3.05, 3.63) is 23.7 Å². The molecule has 0 amide bonds. The lowest BCUT2D eigenvalue weighted by molar-refractivity contribution is 0.241. The summed E-state index contributed by atoms with van der Waals surface area (Å²) in [6, 6.07) is 2.61. The summed E-state index contributed by atoms with van der Waals surface area (Å²) in [5.74, 6) is 1.03. The second-order valence-electron chi connectivity index (χ2n) is 5.18. The molecule has 0 aliphatic rings. The molecular weight excluding hydrogens is 224 g/mol. The molecule has 0 aliphatic carbocycles. The fraction of sp³-hybridized carbons (Fsp3) is 0.733. The molecule has 0 spiro atoms. The van der Waals surface area contributed by atoms with E-state index < -0.39 is 0 Å². The number of furan rings is 1. The Hall–Kier alpha value is -0.800. The molecule has 1 aromatic heterocycles. The molecule has 1 rings (SSSR count). The first-order valence-corrected chi connectivity index (χ1v) is 7.09. The van der Waals surface area contributed by atoms with E-state index in [1.807, 2.05) is 6.92 Å². The lowest BCUT2D eigenvalue weighted by Gasteiger charge is -2.24. The summed E-state index contributed by atoms with van der Waals surface area (Å²) in [6.45, 7) is 9.68. The smallest absolute Gasteiger partial charge is 0.105 e. The Labute approximate surface area is 112 Å². The van der Waals surface area contributed by atoms with E-state index >= 15 is 0 Å². The highest BCUT2D eigenvalue weighted by Crippen LogP contribution is 2.12. The number of nitrogens with zero attached hydrogens (tertiary/aromatic N) is 1. The Balaban J connectivity index is 2.20. The number of nitrogens with one attached hydrogen (secondary N) is 1. The average molecular weight is 252 g/mol. The SMILES string of the molecule is CCCCCNCC(C)N(C)Cc1ccoc1C. The van der Waals surface area contributed by atoms with Crippen LogP contribution in [0.5, 0.6) is 0 Å². The molecule has 0 radical (unpaired) electrons. The van der Waals surface area contributed by atoms with Gasteiger partial charge in [-0.05, 0) is 39.9 Å². The van der Waals surface area contributed by atoms with Crippen LogP contribution >= 0.6 is 0 Å². The normalized spacial score (nSPS) is 13.2. The molecule has 0 bridgehead atoms. The van der Waals surface area contributed by atoms with E-state index in [9.17, 15) is 0 Å². The zero-order valence-electron chi connectivity index (χ0n) is 12.3. The maximum atomic E-state index is 5.33. The van der Waals surface area contributed by atoms with Crippen LogP contribution in [0.1, 0.15) is 44.4 Å². The second kappa shape index (κ2) is 8.33. The summed E-state index contributed by atoms with van der Waals surface area (Å²) < 4.78 is 5.33. The summed E-state index contributed by atoms with van der Waals surface area (Å²) in [5.41, 5.74) is 1.29. The molecule has 1 heterocycles. The summed E-state index contributed by atoms with van der Waals surface area (Å²) in [6.07, 6.45) is 5.67. The number of unbranched alkanes of at least 4 members (excludes halogenated alkanes) is 2. The van der Waals surface area contributed by atoms with E-state index in [1.54, 1.807) is 6.26 Å². The molecule has 1 unspecified atom stereocenters. The lowest BCUT2D eigenvalue weighted by Crippen LogP contribution is -2.37. The Morgan fingerprint density at radius 3 is 2.78 bits per heavy atom. The zero-order chi connectivity index (χ0) is 13.4. The van der Waals surface area contributed by atoms with Gasteiger partial charge in [0.25, 0.3) is 0 Å². The van der Waals surface area contributed by atoms with Crippen LogP contribution in [-0.2, 0) is 6.54 Å². The van der Waals surface area contributed by atoms with Crippen molar-refractivity contribution in [3.8, 4) is 0 Å². The van der Waals surface area contributed by atoms with Gasteiger partial charge in [0.05, 0.1) is 6.26 Å². The van der Waals surface area contributed by atoms with E-state index in [2.05, 4.69) is 37.2 Å². The van der Waals surface area contributed by atoms with Crippen molar-refractivity contribution < 1.29 is 4.42 Å². The minimum absolute atomic E-state index is 0.543. The van der Waals surface area contributed by atoms with Crippen LogP contribution < -0.4 is 5.32 Å². The highest BCUT2D eigenvalue weighted by atomic mass is 16.3. The van der Waals surface area contributed by atoms with Crippen molar-refractivity contribution in [2.75, 3.05) is 20.1 Å². The van der Waals surface area contributed by atoms with E-state index in [0.717, 1.165) is 25.4 Å². The van der Waals surface area contributed by atoms with E-state index in [0.29, 0.717) is 6.04 Å². The Bertz CT molecular complexity index is 322. The maximum Gasteiger partial charge on any atom is 0.105 e. The molecule has 18 heavy (non-hydrogen) atoms. The van der Waals surface area contributed by atoms with Gasteiger partial charge in [-0.1, -0.05) is 19.8 Å². The first-order chi connectivity index (χ1) is 8.65. The summed E-state index contributed by atoms with van der Waals surface area (Å²) in [5, 5.41) is 3.53. The topological polar surface area (TPSA) is 28.4 Å². The fourth-order valence-electron chi connectivity index (χ4n) is 1.97. The minimum atomic E-state index is 0.543. The summed E-state index contributed by atoms with van der Waals surface area (Å²) in [4.78, 5) is 2.37. The fourth-order valence-corrected chi connectivity index (χ4v) is 1.97. The Morgan fingerprint density at radius 1 is 1.39 bits per heavy atom. The van der Waals surface area contributed by atoms with Gasteiger partial charge in [0.2, 0.25) is 0 Å². The predicted octanol–water partition coefficient (Wildman–Crippen LogP) is 3.19. The van der Waals surface area contributed by atoms with Gasteiger partial charge in [-0.2, -0.15) is 0 Å². The lowest BCUT2D eigenvalue weighted by atomic mass is 10.2. The molecule has 0 saturated carbocycles. The van der Waals surface area contributed by atoms with Crippen LogP contribution in [0.2, 0.25) is 0 Å². The Morgan fingerprint density at radius 2 is 2.17 bits per heavy atom. The molecule has 0 aromatic carbocycles. The van der Waals surface area contributed by atoms with Crippen LogP contribution in [0, 0.1) is 6.92 Å². The monoisotopic (exact) mass is 252 g/mol. The standard InChI is InChI=1S/C15H28N2O/c1-5-6-7-9-16-11-13(2)17(4)12-15-8-10-18-14(15)3/h8,10,13,16H,5-7,9,11-12H2,1-4H3. The molecule has 0 aliphatic heterocycles. The maximum absolute atomic E-state index is 5.33. The van der Waals surface area contributed by atoms with Crippen molar-refractivity contribution in [2.45, 2.75) is 52.6 Å². The molecule has 3 heteroatoms. The Kier molecular flexibility index (Phi) is 7.06. The molecular formula is C15H28N2O. The first kappa shape index (κ1) is 15.3. The summed E-state index contributed by atoms with van der Waals surface area (Å²) >= 11 is 0. The number of aryl methyl sites for hydroxylation is 1. The van der Waals surface area contributed by atoms with E-state index in [4.69, 9.17) is 4.42 Å². The van der Waals surface area contributed by atoms with Gasteiger partial charge in [-0.15, -0.1) is 0 Å². The third-order valence-corrected chi connectivity index (χ3v) is 3.54. The predicted molar refractivity (Wildman–Crippen MR) is 76.8 cm³/mol. The molecule has 3 nitrogen and oxygen atoms in total. The first-order valence-electron chi connectivity index (χ1n) is 7.09. The number of hydrogen-bond donors (Lipinski definition) is 1. The van der Waals surface area contributed by atoms with Crippen LogP contribution in [0.4, 0.5) is 0 Å². The van der Waals surface area contributed by atoms with Crippen LogP contribution in [0.25, 0.3) is 0 Å². The van der Waals surface area contributed by atoms with Crippen molar-refractivity contribution >= 4 is 0 Å². The van der Waals surface area contributed by atoms with Gasteiger partial charge in [-0.25, -0.2) is 0 Å². The quantitative estimate of drug-likeness (QED) is 0.684. The van der Waals surface area contributed by atoms with Gasteiger partial charge in [-0.3, -0.25) is 4.90 Å². The van der Waals surface area contributed by atoms with E-state index in [1.165, 1.54) is 24.8 Å². The molecule has 0 saturated heterocycles.